The van der Waals surface area contributed by atoms with Crippen molar-refractivity contribution in [2.24, 2.45) is 4.99 Å². The lowest BCUT2D eigenvalue weighted by Gasteiger charge is -2.10. The Balaban J connectivity index is 1.92. The number of hydrogen-bond acceptors (Lipinski definition) is 6. The molecule has 1 aliphatic rings. The molecular weight excluding hydrogens is 398 g/mol. The van der Waals surface area contributed by atoms with E-state index in [0.29, 0.717) is 5.56 Å². The highest BCUT2D eigenvalue weighted by Gasteiger charge is 2.27. The highest BCUT2D eigenvalue weighted by molar-refractivity contribution is 6.13. The second kappa shape index (κ2) is 8.63. The third kappa shape index (κ3) is 4.84. The molecule has 0 saturated carbocycles. The van der Waals surface area contributed by atoms with E-state index >= 15 is 0 Å². The average molecular weight is 411 g/mol. The Morgan fingerprint density at radius 3 is 2.34 bits per heavy atom. The van der Waals surface area contributed by atoms with Crippen molar-refractivity contribution in [1.29, 1.82) is 0 Å². The largest absolute Gasteiger partial charge is 0.493 e. The molecule has 0 spiro atoms. The van der Waals surface area contributed by atoms with Gasteiger partial charge in [0.15, 0.2) is 17.2 Å². The van der Waals surface area contributed by atoms with Crippen LogP contribution >= 0.6 is 0 Å². The van der Waals surface area contributed by atoms with Gasteiger partial charge in [-0.3, -0.25) is 0 Å². The Morgan fingerprint density at radius 2 is 1.66 bits per heavy atom. The minimum absolute atomic E-state index is 0.0193. The average Bonchev–Trinajstić information content (AvgIpc) is 3.02. The zero-order valence-corrected chi connectivity index (χ0v) is 14.8. The lowest BCUT2D eigenvalue weighted by atomic mass is 10.1. The standard InChI is InChI=1S/C19H13F4NO5/c1-26-15-9-10(6-7-14(15)28-19(22)23)8-12-17(25)29-16(24-12)11-4-2-3-5-13(11)27-18(20)21/h2-9,18-19H,1H3/b12-8+. The predicted molar refractivity (Wildman–Crippen MR) is 93.3 cm³/mol. The van der Waals surface area contributed by atoms with E-state index in [-0.39, 0.29) is 34.4 Å². The lowest BCUT2D eigenvalue weighted by Crippen LogP contribution is -2.10. The summed E-state index contributed by atoms with van der Waals surface area (Å²) < 4.78 is 68.7. The quantitative estimate of drug-likeness (QED) is 0.387. The number of alkyl halides is 4. The van der Waals surface area contributed by atoms with Crippen LogP contribution in [0.4, 0.5) is 17.6 Å². The van der Waals surface area contributed by atoms with Crippen LogP contribution in [0.5, 0.6) is 17.2 Å². The number of methoxy groups -OCH3 is 1. The molecule has 10 heteroatoms. The van der Waals surface area contributed by atoms with Crippen LogP contribution in [-0.4, -0.2) is 32.2 Å². The Labute approximate surface area is 162 Å². The zero-order chi connectivity index (χ0) is 21.0. The first kappa shape index (κ1) is 20.2. The van der Waals surface area contributed by atoms with Gasteiger partial charge in [-0.2, -0.15) is 17.6 Å². The van der Waals surface area contributed by atoms with Crippen molar-refractivity contribution in [2.45, 2.75) is 13.2 Å². The summed E-state index contributed by atoms with van der Waals surface area (Å²) in [6.45, 7) is -6.09. The van der Waals surface area contributed by atoms with Crippen molar-refractivity contribution in [3.8, 4) is 17.2 Å². The van der Waals surface area contributed by atoms with Crippen LogP contribution in [0.15, 0.2) is 53.2 Å². The van der Waals surface area contributed by atoms with Crippen molar-refractivity contribution in [1.82, 2.24) is 0 Å². The molecule has 0 aliphatic carbocycles. The number of carbonyl (C=O) groups is 1. The number of benzene rings is 2. The van der Waals surface area contributed by atoms with E-state index < -0.39 is 19.2 Å². The SMILES string of the molecule is COc1cc(/C=C2/N=C(c3ccccc3OC(F)F)OC2=O)ccc1OC(F)F. The van der Waals surface area contributed by atoms with Gasteiger partial charge in [0.05, 0.1) is 12.7 Å². The fourth-order valence-corrected chi connectivity index (χ4v) is 2.49. The zero-order valence-electron chi connectivity index (χ0n) is 14.8. The molecule has 1 heterocycles. The van der Waals surface area contributed by atoms with Crippen LogP contribution < -0.4 is 14.2 Å². The summed E-state index contributed by atoms with van der Waals surface area (Å²) in [6.07, 6.45) is 1.32. The number of cyclic esters (lactones) is 1. The topological polar surface area (TPSA) is 66.3 Å². The van der Waals surface area contributed by atoms with Crippen molar-refractivity contribution in [3.63, 3.8) is 0 Å². The Bertz CT molecular complexity index is 975. The van der Waals surface area contributed by atoms with Crippen LogP contribution in [0, 0.1) is 0 Å². The first-order valence-electron chi connectivity index (χ1n) is 8.07. The van der Waals surface area contributed by atoms with E-state index in [4.69, 9.17) is 9.47 Å². The van der Waals surface area contributed by atoms with Crippen LogP contribution in [0.25, 0.3) is 6.08 Å². The molecule has 152 valence electrons. The second-order valence-electron chi connectivity index (χ2n) is 5.50. The summed E-state index contributed by atoms with van der Waals surface area (Å²) in [5, 5.41) is 0. The molecule has 29 heavy (non-hydrogen) atoms. The number of rotatable bonds is 7. The van der Waals surface area contributed by atoms with Crippen molar-refractivity contribution >= 4 is 17.9 Å². The van der Waals surface area contributed by atoms with Gasteiger partial charge in [0.2, 0.25) is 5.90 Å². The third-order valence-corrected chi connectivity index (χ3v) is 3.66. The Kier molecular flexibility index (Phi) is 6.01. The number of hydrogen-bond donors (Lipinski definition) is 0. The molecule has 0 amide bonds. The highest BCUT2D eigenvalue weighted by atomic mass is 19.3. The van der Waals surface area contributed by atoms with Crippen LogP contribution in [0.3, 0.4) is 0 Å². The van der Waals surface area contributed by atoms with Gasteiger partial charge in [-0.25, -0.2) is 9.79 Å². The number of halogens is 4. The van der Waals surface area contributed by atoms with Gasteiger partial charge in [0.25, 0.3) is 0 Å². The molecule has 3 rings (SSSR count). The summed E-state index contributed by atoms with van der Waals surface area (Å²) in [4.78, 5) is 16.1. The molecule has 0 saturated heterocycles. The molecule has 0 aromatic heterocycles. The predicted octanol–water partition coefficient (Wildman–Crippen LogP) is 4.24. The minimum Gasteiger partial charge on any atom is -0.493 e. The van der Waals surface area contributed by atoms with E-state index in [2.05, 4.69) is 14.5 Å². The molecule has 2 aromatic carbocycles. The number of aliphatic imine (C=N–C) groups is 1. The lowest BCUT2D eigenvalue weighted by molar-refractivity contribution is -0.129. The second-order valence-corrected chi connectivity index (χ2v) is 5.50. The highest BCUT2D eigenvalue weighted by Crippen LogP contribution is 2.31. The summed E-state index contributed by atoms with van der Waals surface area (Å²) in [7, 11) is 1.27. The minimum atomic E-state index is -3.06. The molecule has 1 aliphatic heterocycles. The number of esters is 1. The number of ether oxygens (including phenoxy) is 4. The smallest absolute Gasteiger partial charge is 0.387 e. The normalized spacial score (nSPS) is 14.9. The number of carbonyl (C=O) groups excluding carboxylic acids is 1. The van der Waals surface area contributed by atoms with Gasteiger partial charge in [0.1, 0.15) is 5.75 Å². The van der Waals surface area contributed by atoms with E-state index in [9.17, 15) is 22.4 Å². The maximum absolute atomic E-state index is 12.6. The van der Waals surface area contributed by atoms with Gasteiger partial charge in [-0.15, -0.1) is 0 Å². The van der Waals surface area contributed by atoms with Gasteiger partial charge < -0.3 is 18.9 Å². The number of nitrogens with zero attached hydrogens (tertiary/aromatic N) is 1. The third-order valence-electron chi connectivity index (χ3n) is 3.66. The molecular formula is C19H13F4NO5. The summed E-state index contributed by atoms with van der Waals surface area (Å²) in [5.41, 5.74) is 0.330. The van der Waals surface area contributed by atoms with Gasteiger partial charge in [0, 0.05) is 0 Å². The van der Waals surface area contributed by atoms with Crippen molar-refractivity contribution in [2.75, 3.05) is 7.11 Å². The monoisotopic (exact) mass is 411 g/mol. The first-order chi connectivity index (χ1) is 13.9. The van der Waals surface area contributed by atoms with Crippen LogP contribution in [0.1, 0.15) is 11.1 Å². The molecule has 0 bridgehead atoms. The molecule has 0 fully saturated rings. The summed E-state index contributed by atoms with van der Waals surface area (Å²) in [6, 6.07) is 9.72. The van der Waals surface area contributed by atoms with Gasteiger partial charge >= 0.3 is 19.2 Å². The van der Waals surface area contributed by atoms with Gasteiger partial charge in [-0.05, 0) is 35.9 Å². The first-order valence-corrected chi connectivity index (χ1v) is 8.07. The van der Waals surface area contributed by atoms with Crippen LogP contribution in [0.2, 0.25) is 0 Å². The summed E-state index contributed by atoms with van der Waals surface area (Å²) >= 11 is 0. The molecule has 0 radical (unpaired) electrons. The number of para-hydroxylation sites is 1. The molecule has 6 nitrogen and oxygen atoms in total. The molecule has 0 unspecified atom stereocenters. The fourth-order valence-electron chi connectivity index (χ4n) is 2.49. The fraction of sp³-hybridized carbons (Fsp3) is 0.158. The van der Waals surface area contributed by atoms with E-state index in [1.807, 2.05) is 0 Å². The Morgan fingerprint density at radius 1 is 0.966 bits per heavy atom. The van der Waals surface area contributed by atoms with Gasteiger partial charge in [-0.1, -0.05) is 18.2 Å². The molecule has 0 atom stereocenters. The maximum atomic E-state index is 12.6. The van der Waals surface area contributed by atoms with Crippen molar-refractivity contribution < 1.29 is 41.3 Å². The van der Waals surface area contributed by atoms with Crippen LogP contribution in [-0.2, 0) is 9.53 Å². The maximum Gasteiger partial charge on any atom is 0.387 e. The molecule has 0 N–H and O–H groups in total. The van der Waals surface area contributed by atoms with Crippen molar-refractivity contribution in [3.05, 3.63) is 59.3 Å². The Hall–Kier alpha value is -3.56. The molecule has 2 aromatic rings. The van der Waals surface area contributed by atoms with E-state index in [0.717, 1.165) is 0 Å². The summed E-state index contributed by atoms with van der Waals surface area (Å²) in [5.74, 6) is -1.39. The van der Waals surface area contributed by atoms with E-state index in [1.54, 1.807) is 6.07 Å². The van der Waals surface area contributed by atoms with E-state index in [1.165, 1.54) is 49.6 Å².